The number of pyridine rings is 1. The van der Waals surface area contributed by atoms with Crippen molar-refractivity contribution >= 4 is 11.9 Å². The molecular weight excluding hydrogens is 280 g/mol. The topological polar surface area (TPSA) is 85.6 Å². The smallest absolute Gasteiger partial charge is 0.261 e. The first-order valence-corrected chi connectivity index (χ1v) is 6.68. The van der Waals surface area contributed by atoms with Gasteiger partial charge in [0.1, 0.15) is 0 Å². The average Bonchev–Trinajstić information content (AvgIpc) is 2.93. The average molecular weight is 294 g/mol. The minimum Gasteiger partial charge on any atom is -0.320 e. The van der Waals surface area contributed by atoms with Crippen molar-refractivity contribution in [3.63, 3.8) is 0 Å². The Hall–Kier alpha value is -3.09. The first-order chi connectivity index (χ1) is 10.6. The van der Waals surface area contributed by atoms with Crippen LogP contribution in [0.4, 0.5) is 5.95 Å². The summed E-state index contributed by atoms with van der Waals surface area (Å²) in [6, 6.07) is 3.69. The van der Waals surface area contributed by atoms with Crippen molar-refractivity contribution < 1.29 is 4.79 Å². The summed E-state index contributed by atoms with van der Waals surface area (Å²) in [5, 5.41) is 2.73. The Labute approximate surface area is 127 Å². The molecule has 1 amide bonds. The van der Waals surface area contributed by atoms with Crippen LogP contribution in [0.15, 0.2) is 43.1 Å². The maximum absolute atomic E-state index is 12.3. The predicted molar refractivity (Wildman–Crippen MR) is 81.2 cm³/mol. The fourth-order valence-electron chi connectivity index (χ4n) is 1.98. The highest BCUT2D eigenvalue weighted by atomic mass is 16.1. The molecule has 3 heterocycles. The monoisotopic (exact) mass is 294 g/mol. The first kappa shape index (κ1) is 13.9. The lowest BCUT2D eigenvalue weighted by molar-refractivity contribution is 0.102. The Morgan fingerprint density at radius 2 is 2.09 bits per heavy atom. The second kappa shape index (κ2) is 5.72. The van der Waals surface area contributed by atoms with Gasteiger partial charge in [-0.3, -0.25) is 15.1 Å². The van der Waals surface area contributed by atoms with E-state index in [2.05, 4.69) is 25.3 Å². The zero-order valence-electron chi connectivity index (χ0n) is 12.2. The molecule has 0 saturated heterocycles. The normalized spacial score (nSPS) is 10.5. The number of hydrogen-bond donors (Lipinski definition) is 1. The number of amides is 1. The van der Waals surface area contributed by atoms with Crippen LogP contribution in [0.3, 0.4) is 0 Å². The van der Waals surface area contributed by atoms with E-state index in [1.165, 1.54) is 6.20 Å². The number of nitrogens with one attached hydrogen (secondary N) is 1. The Morgan fingerprint density at radius 1 is 1.23 bits per heavy atom. The molecule has 7 heteroatoms. The van der Waals surface area contributed by atoms with E-state index in [0.29, 0.717) is 23.0 Å². The van der Waals surface area contributed by atoms with Crippen molar-refractivity contribution in [2.75, 3.05) is 5.32 Å². The maximum atomic E-state index is 12.3. The molecule has 110 valence electrons. The maximum Gasteiger partial charge on any atom is 0.261 e. The summed E-state index contributed by atoms with van der Waals surface area (Å²) in [6.07, 6.45) is 8.26. The summed E-state index contributed by atoms with van der Waals surface area (Å²) in [7, 11) is 1.80. The van der Waals surface area contributed by atoms with Crippen molar-refractivity contribution in [1.29, 1.82) is 0 Å². The van der Waals surface area contributed by atoms with Crippen molar-refractivity contribution in [1.82, 2.24) is 24.5 Å². The van der Waals surface area contributed by atoms with Gasteiger partial charge in [0.25, 0.3) is 5.91 Å². The quantitative estimate of drug-likeness (QED) is 0.796. The van der Waals surface area contributed by atoms with Crippen LogP contribution in [-0.4, -0.2) is 30.4 Å². The number of nitrogens with zero attached hydrogens (tertiary/aromatic N) is 5. The Morgan fingerprint density at radius 3 is 2.73 bits per heavy atom. The zero-order chi connectivity index (χ0) is 15.5. The molecule has 0 fully saturated rings. The minimum atomic E-state index is -0.287. The lowest BCUT2D eigenvalue weighted by atomic mass is 10.2. The second-order valence-electron chi connectivity index (χ2n) is 4.75. The molecular formula is C15H14N6O. The molecule has 22 heavy (non-hydrogen) atoms. The first-order valence-electron chi connectivity index (χ1n) is 6.68. The van der Waals surface area contributed by atoms with Crippen LogP contribution in [0.2, 0.25) is 0 Å². The largest absolute Gasteiger partial charge is 0.320 e. The van der Waals surface area contributed by atoms with E-state index in [-0.39, 0.29) is 5.91 Å². The van der Waals surface area contributed by atoms with E-state index in [1.54, 1.807) is 43.3 Å². The number of aryl methyl sites for hydroxylation is 2. The predicted octanol–water partition coefficient (Wildman–Crippen LogP) is 1.83. The summed E-state index contributed by atoms with van der Waals surface area (Å²) in [6.45, 7) is 1.77. The van der Waals surface area contributed by atoms with Crippen LogP contribution in [-0.2, 0) is 7.05 Å². The molecule has 3 aromatic heterocycles. The highest BCUT2D eigenvalue weighted by Crippen LogP contribution is 2.15. The fourth-order valence-corrected chi connectivity index (χ4v) is 1.98. The number of carbonyl (C=O) groups is 1. The molecule has 3 rings (SSSR count). The second-order valence-corrected chi connectivity index (χ2v) is 4.75. The molecule has 0 bridgehead atoms. The Balaban J connectivity index is 1.86. The standard InChI is InChI=1S/C15H14N6O/c1-10-12(14(22)20-15-17-6-7-21(15)2)9-18-13(19-10)11-4-3-5-16-8-11/h3-9H,1-2H3,(H,17,20,22). The summed E-state index contributed by atoms with van der Waals surface area (Å²) in [4.78, 5) is 29.0. The summed E-state index contributed by atoms with van der Waals surface area (Å²) < 4.78 is 1.72. The number of carbonyl (C=O) groups excluding carboxylic acids is 1. The third-order valence-electron chi connectivity index (χ3n) is 3.19. The van der Waals surface area contributed by atoms with Crippen molar-refractivity contribution in [2.45, 2.75) is 6.92 Å². The number of aromatic nitrogens is 5. The summed E-state index contributed by atoms with van der Waals surface area (Å²) in [5.41, 5.74) is 1.82. The molecule has 0 atom stereocenters. The number of imidazole rings is 1. The molecule has 0 aliphatic heterocycles. The summed E-state index contributed by atoms with van der Waals surface area (Å²) in [5.74, 6) is 0.726. The zero-order valence-corrected chi connectivity index (χ0v) is 12.2. The Kier molecular flexibility index (Phi) is 3.61. The fraction of sp³-hybridized carbons (Fsp3) is 0.133. The molecule has 7 nitrogen and oxygen atoms in total. The molecule has 0 saturated carbocycles. The highest BCUT2D eigenvalue weighted by Gasteiger charge is 2.14. The van der Waals surface area contributed by atoms with Crippen molar-refractivity contribution in [2.24, 2.45) is 7.05 Å². The van der Waals surface area contributed by atoms with E-state index in [1.807, 2.05) is 12.1 Å². The third kappa shape index (κ3) is 2.69. The van der Waals surface area contributed by atoms with Gasteiger partial charge in [-0.05, 0) is 19.1 Å². The molecule has 0 aliphatic rings. The van der Waals surface area contributed by atoms with E-state index in [9.17, 15) is 4.79 Å². The van der Waals surface area contributed by atoms with Crippen LogP contribution in [0, 0.1) is 6.92 Å². The van der Waals surface area contributed by atoms with Gasteiger partial charge in [0, 0.05) is 43.6 Å². The van der Waals surface area contributed by atoms with Crippen LogP contribution in [0.25, 0.3) is 11.4 Å². The SMILES string of the molecule is Cc1nc(-c2cccnc2)ncc1C(=O)Nc1nccn1C. The molecule has 0 aromatic carbocycles. The van der Waals surface area contributed by atoms with Gasteiger partial charge in [-0.2, -0.15) is 0 Å². The van der Waals surface area contributed by atoms with E-state index < -0.39 is 0 Å². The van der Waals surface area contributed by atoms with E-state index in [0.717, 1.165) is 5.56 Å². The van der Waals surface area contributed by atoms with Gasteiger partial charge in [0.2, 0.25) is 5.95 Å². The van der Waals surface area contributed by atoms with Crippen LogP contribution < -0.4 is 5.32 Å². The number of rotatable bonds is 3. The molecule has 1 N–H and O–H groups in total. The van der Waals surface area contributed by atoms with E-state index in [4.69, 9.17) is 0 Å². The van der Waals surface area contributed by atoms with Crippen molar-refractivity contribution in [3.05, 3.63) is 54.4 Å². The van der Waals surface area contributed by atoms with Crippen molar-refractivity contribution in [3.8, 4) is 11.4 Å². The molecule has 0 unspecified atom stereocenters. The van der Waals surface area contributed by atoms with E-state index >= 15 is 0 Å². The van der Waals surface area contributed by atoms with Crippen LogP contribution in [0.5, 0.6) is 0 Å². The van der Waals surface area contributed by atoms with Gasteiger partial charge in [-0.15, -0.1) is 0 Å². The van der Waals surface area contributed by atoms with Crippen LogP contribution >= 0.6 is 0 Å². The van der Waals surface area contributed by atoms with Gasteiger partial charge in [0.15, 0.2) is 5.82 Å². The minimum absolute atomic E-state index is 0.287. The molecule has 0 spiro atoms. The third-order valence-corrected chi connectivity index (χ3v) is 3.19. The van der Waals surface area contributed by atoms with Gasteiger partial charge in [0.05, 0.1) is 11.3 Å². The number of anilines is 1. The van der Waals surface area contributed by atoms with Gasteiger partial charge >= 0.3 is 0 Å². The molecule has 0 radical (unpaired) electrons. The Bertz CT molecular complexity index is 812. The van der Waals surface area contributed by atoms with Gasteiger partial charge < -0.3 is 4.57 Å². The molecule has 3 aromatic rings. The summed E-state index contributed by atoms with van der Waals surface area (Å²) >= 11 is 0. The van der Waals surface area contributed by atoms with Gasteiger partial charge in [-0.1, -0.05) is 0 Å². The highest BCUT2D eigenvalue weighted by molar-refractivity contribution is 6.04. The lowest BCUT2D eigenvalue weighted by Crippen LogP contribution is -2.17. The number of hydrogen-bond acceptors (Lipinski definition) is 5. The van der Waals surface area contributed by atoms with Gasteiger partial charge in [-0.25, -0.2) is 15.0 Å². The van der Waals surface area contributed by atoms with Crippen LogP contribution in [0.1, 0.15) is 16.1 Å². The lowest BCUT2D eigenvalue weighted by Gasteiger charge is -2.08. The molecule has 0 aliphatic carbocycles.